The van der Waals surface area contributed by atoms with E-state index >= 15 is 0 Å². The fraction of sp³-hybridized carbons (Fsp3) is 0.600. The van der Waals surface area contributed by atoms with E-state index in [2.05, 4.69) is 37.9 Å². The van der Waals surface area contributed by atoms with Crippen molar-refractivity contribution in [1.29, 1.82) is 0 Å². The first-order valence-corrected chi connectivity index (χ1v) is 6.22. The molecule has 0 aromatic carbocycles. The van der Waals surface area contributed by atoms with Crippen molar-refractivity contribution in [2.24, 2.45) is 5.92 Å². The summed E-state index contributed by atoms with van der Waals surface area (Å²) >= 11 is 2.22. The topological polar surface area (TPSA) is 58.0 Å². The molecule has 1 aromatic rings. The zero-order chi connectivity index (χ0) is 10.7. The van der Waals surface area contributed by atoms with Crippen molar-refractivity contribution >= 4 is 28.4 Å². The fourth-order valence-corrected chi connectivity index (χ4v) is 2.50. The van der Waals surface area contributed by atoms with Crippen molar-refractivity contribution in [3.63, 3.8) is 0 Å². The number of rotatable bonds is 3. The van der Waals surface area contributed by atoms with Crippen LogP contribution in [0, 0.1) is 9.49 Å². The van der Waals surface area contributed by atoms with Gasteiger partial charge in [-0.1, -0.05) is 6.42 Å². The lowest BCUT2D eigenvalue weighted by molar-refractivity contribution is 0.222. The van der Waals surface area contributed by atoms with Crippen molar-refractivity contribution in [2.75, 3.05) is 11.9 Å². The molecule has 82 valence electrons. The van der Waals surface area contributed by atoms with Crippen LogP contribution in [0.2, 0.25) is 0 Å². The molecule has 15 heavy (non-hydrogen) atoms. The van der Waals surface area contributed by atoms with Gasteiger partial charge in [-0.15, -0.1) is 0 Å². The van der Waals surface area contributed by atoms with Gasteiger partial charge in [0.05, 0.1) is 3.57 Å². The summed E-state index contributed by atoms with van der Waals surface area (Å²) in [6.07, 6.45) is 6.75. The van der Waals surface area contributed by atoms with Gasteiger partial charge in [-0.05, 0) is 35.4 Å². The molecule has 1 heterocycles. The molecule has 0 amide bonds. The highest BCUT2D eigenvalue weighted by atomic mass is 127. The number of nitrogens with zero attached hydrogens (tertiary/aromatic N) is 2. The summed E-state index contributed by atoms with van der Waals surface area (Å²) in [6, 6.07) is 0.360. The molecule has 1 saturated carbocycles. The third-order valence-corrected chi connectivity index (χ3v) is 3.67. The number of aliphatic hydroxyl groups is 1. The minimum absolute atomic E-state index is 0.263. The van der Waals surface area contributed by atoms with Crippen molar-refractivity contribution in [1.82, 2.24) is 9.97 Å². The molecule has 1 fully saturated rings. The van der Waals surface area contributed by atoms with Crippen LogP contribution in [0.3, 0.4) is 0 Å². The number of hydrogen-bond acceptors (Lipinski definition) is 4. The Morgan fingerprint density at radius 1 is 1.53 bits per heavy atom. The van der Waals surface area contributed by atoms with Gasteiger partial charge in [-0.3, -0.25) is 0 Å². The number of aromatic nitrogens is 2. The van der Waals surface area contributed by atoms with Crippen molar-refractivity contribution in [2.45, 2.75) is 25.3 Å². The Morgan fingerprint density at radius 2 is 2.40 bits per heavy atom. The Bertz CT molecular complexity index is 334. The molecule has 0 bridgehead atoms. The van der Waals surface area contributed by atoms with Crippen LogP contribution in [0.4, 0.5) is 5.82 Å². The number of aliphatic hydroxyl groups excluding tert-OH is 1. The number of halogens is 1. The van der Waals surface area contributed by atoms with E-state index in [9.17, 15) is 5.11 Å². The molecular weight excluding hydrogens is 305 g/mol. The van der Waals surface area contributed by atoms with Gasteiger partial charge in [0.1, 0.15) is 12.1 Å². The van der Waals surface area contributed by atoms with Crippen molar-refractivity contribution in [3.05, 3.63) is 16.1 Å². The van der Waals surface area contributed by atoms with Crippen molar-refractivity contribution in [3.8, 4) is 0 Å². The number of anilines is 1. The second kappa shape index (κ2) is 5.07. The normalized spacial score (nSPS) is 25.5. The molecule has 1 aliphatic rings. The van der Waals surface area contributed by atoms with Gasteiger partial charge in [0, 0.05) is 24.8 Å². The van der Waals surface area contributed by atoms with E-state index in [1.165, 1.54) is 6.42 Å². The van der Waals surface area contributed by atoms with Crippen LogP contribution in [-0.4, -0.2) is 27.7 Å². The first kappa shape index (κ1) is 11.1. The molecule has 0 saturated heterocycles. The van der Waals surface area contributed by atoms with E-state index in [0.29, 0.717) is 12.0 Å². The predicted octanol–water partition coefficient (Wildman–Crippen LogP) is 1.65. The van der Waals surface area contributed by atoms with Crippen LogP contribution in [0.25, 0.3) is 0 Å². The van der Waals surface area contributed by atoms with E-state index in [1.54, 1.807) is 12.5 Å². The van der Waals surface area contributed by atoms with Gasteiger partial charge >= 0.3 is 0 Å². The lowest BCUT2D eigenvalue weighted by atomic mass is 10.1. The van der Waals surface area contributed by atoms with Gasteiger partial charge < -0.3 is 10.4 Å². The van der Waals surface area contributed by atoms with Gasteiger partial charge in [0.2, 0.25) is 0 Å². The van der Waals surface area contributed by atoms with Crippen LogP contribution in [-0.2, 0) is 0 Å². The molecule has 2 rings (SSSR count). The largest absolute Gasteiger partial charge is 0.396 e. The molecule has 0 aliphatic heterocycles. The molecule has 4 nitrogen and oxygen atoms in total. The molecule has 1 aliphatic carbocycles. The maximum Gasteiger partial charge on any atom is 0.143 e. The third kappa shape index (κ3) is 2.57. The second-order valence-electron chi connectivity index (χ2n) is 3.84. The molecular formula is C10H14IN3O. The Labute approximate surface area is 103 Å². The summed E-state index contributed by atoms with van der Waals surface area (Å²) in [5.41, 5.74) is 0. The zero-order valence-electron chi connectivity index (χ0n) is 8.36. The average Bonchev–Trinajstić information content (AvgIpc) is 2.69. The third-order valence-electron chi connectivity index (χ3n) is 2.88. The summed E-state index contributed by atoms with van der Waals surface area (Å²) in [5, 5.41) is 12.6. The minimum atomic E-state index is 0.263. The Balaban J connectivity index is 2.05. The second-order valence-corrected chi connectivity index (χ2v) is 5.01. The van der Waals surface area contributed by atoms with Crippen molar-refractivity contribution < 1.29 is 5.11 Å². The van der Waals surface area contributed by atoms with E-state index in [1.807, 2.05) is 0 Å². The van der Waals surface area contributed by atoms with Crippen LogP contribution in [0.1, 0.15) is 19.3 Å². The smallest absolute Gasteiger partial charge is 0.143 e. The maximum absolute atomic E-state index is 9.21. The standard InChI is InChI=1S/C10H14IN3O/c11-8-4-12-6-13-10(8)14-9-3-1-2-7(9)5-15/h4,6-7,9,15H,1-3,5H2,(H,12,13,14). The monoisotopic (exact) mass is 319 g/mol. The molecule has 2 N–H and O–H groups in total. The van der Waals surface area contributed by atoms with E-state index < -0.39 is 0 Å². The fourth-order valence-electron chi connectivity index (χ4n) is 2.04. The van der Waals surface area contributed by atoms with Crippen LogP contribution < -0.4 is 5.32 Å². The quantitative estimate of drug-likeness (QED) is 0.832. The first-order valence-electron chi connectivity index (χ1n) is 5.14. The Morgan fingerprint density at radius 3 is 3.13 bits per heavy atom. The summed E-state index contributed by atoms with van der Waals surface area (Å²) in [6.45, 7) is 0.263. The SMILES string of the molecule is OCC1CCCC1Nc1ncncc1I. The van der Waals surface area contributed by atoms with E-state index in [0.717, 1.165) is 22.2 Å². The lowest BCUT2D eigenvalue weighted by Gasteiger charge is -2.19. The maximum atomic E-state index is 9.21. The van der Waals surface area contributed by atoms with Gasteiger partial charge in [-0.2, -0.15) is 0 Å². The summed E-state index contributed by atoms with van der Waals surface area (Å²) in [4.78, 5) is 8.15. The summed E-state index contributed by atoms with van der Waals surface area (Å²) < 4.78 is 1.03. The van der Waals surface area contributed by atoms with Gasteiger partial charge in [0.15, 0.2) is 0 Å². The van der Waals surface area contributed by atoms with Crippen LogP contribution in [0.5, 0.6) is 0 Å². The minimum Gasteiger partial charge on any atom is -0.396 e. The zero-order valence-corrected chi connectivity index (χ0v) is 10.5. The Hall–Kier alpha value is -0.430. The molecule has 0 spiro atoms. The average molecular weight is 319 g/mol. The van der Waals surface area contributed by atoms with E-state index in [4.69, 9.17) is 0 Å². The van der Waals surface area contributed by atoms with Gasteiger partial charge in [-0.25, -0.2) is 9.97 Å². The number of hydrogen-bond donors (Lipinski definition) is 2. The molecule has 1 aromatic heterocycles. The molecule has 2 atom stereocenters. The van der Waals surface area contributed by atoms with E-state index in [-0.39, 0.29) is 6.61 Å². The lowest BCUT2D eigenvalue weighted by Crippen LogP contribution is -2.27. The molecule has 2 unspecified atom stereocenters. The number of nitrogens with one attached hydrogen (secondary N) is 1. The molecule has 5 heteroatoms. The molecule has 0 radical (unpaired) electrons. The van der Waals surface area contributed by atoms with Gasteiger partial charge in [0.25, 0.3) is 0 Å². The highest BCUT2D eigenvalue weighted by Crippen LogP contribution is 2.28. The Kier molecular flexibility index (Phi) is 3.74. The van der Waals surface area contributed by atoms with Crippen LogP contribution >= 0.6 is 22.6 Å². The summed E-state index contributed by atoms with van der Waals surface area (Å²) in [5.74, 6) is 1.26. The highest BCUT2D eigenvalue weighted by molar-refractivity contribution is 14.1. The predicted molar refractivity (Wildman–Crippen MR) is 66.6 cm³/mol. The highest BCUT2D eigenvalue weighted by Gasteiger charge is 2.26. The summed E-state index contributed by atoms with van der Waals surface area (Å²) in [7, 11) is 0. The van der Waals surface area contributed by atoms with Crippen LogP contribution in [0.15, 0.2) is 12.5 Å². The first-order chi connectivity index (χ1) is 7.31.